The molecule has 1 rings (SSSR count). The first-order chi connectivity index (χ1) is 8.90. The molecule has 0 aliphatic carbocycles. The molecule has 0 saturated carbocycles. The highest BCUT2D eigenvalue weighted by Crippen LogP contribution is 2.18. The van der Waals surface area contributed by atoms with Crippen LogP contribution in [0.5, 0.6) is 0 Å². The van der Waals surface area contributed by atoms with E-state index in [0.29, 0.717) is 0 Å². The summed E-state index contributed by atoms with van der Waals surface area (Å²) in [5, 5.41) is 7.40. The van der Waals surface area contributed by atoms with Gasteiger partial charge in [-0.3, -0.25) is 4.72 Å². The van der Waals surface area contributed by atoms with Gasteiger partial charge in [-0.2, -0.15) is 5.26 Å². The first-order valence-corrected chi connectivity index (χ1v) is 6.85. The monoisotopic (exact) mass is 281 g/mol. The highest BCUT2D eigenvalue weighted by atomic mass is 32.2. The molecule has 1 unspecified atom stereocenters. The van der Waals surface area contributed by atoms with Crippen LogP contribution in [0, 0.1) is 29.0 Å². The van der Waals surface area contributed by atoms with E-state index in [-0.39, 0.29) is 17.8 Å². The number of anilines is 1. The van der Waals surface area contributed by atoms with Crippen molar-refractivity contribution in [3.63, 3.8) is 0 Å². The number of sulfonamides is 1. The molecule has 1 aromatic carbocycles. The van der Waals surface area contributed by atoms with Gasteiger partial charge in [-0.1, -0.05) is 11.8 Å². The first-order valence-electron chi connectivity index (χ1n) is 5.30. The van der Waals surface area contributed by atoms with Gasteiger partial charge in [-0.25, -0.2) is 12.8 Å². The summed E-state index contributed by atoms with van der Waals surface area (Å²) >= 11 is 0. The molecular weight excluding hydrogens is 269 g/mol. The Hall–Kier alpha value is -2.09. The molecule has 0 amide bonds. The van der Waals surface area contributed by atoms with Crippen LogP contribution < -0.4 is 10.5 Å². The summed E-state index contributed by atoms with van der Waals surface area (Å²) in [7, 11) is -3.86. The van der Waals surface area contributed by atoms with Crippen LogP contribution in [0.1, 0.15) is 12.5 Å². The van der Waals surface area contributed by atoms with Gasteiger partial charge in [0.2, 0.25) is 10.0 Å². The number of rotatable bonds is 3. The number of nitrogens with zero attached hydrogens (tertiary/aromatic N) is 1. The Balaban J connectivity index is 3.19. The largest absolute Gasteiger partial charge is 0.320 e. The Morgan fingerprint density at radius 1 is 1.53 bits per heavy atom. The lowest BCUT2D eigenvalue weighted by Crippen LogP contribution is -2.24. The van der Waals surface area contributed by atoms with Crippen molar-refractivity contribution in [1.29, 1.82) is 5.26 Å². The van der Waals surface area contributed by atoms with Crippen molar-refractivity contribution in [2.24, 2.45) is 5.73 Å². The fraction of sp³-hybridized carbons (Fsp3) is 0.250. The lowest BCUT2D eigenvalue weighted by molar-refractivity contribution is 0.597. The number of nitriles is 1. The second kappa shape index (κ2) is 6.19. The smallest absolute Gasteiger partial charge is 0.248 e. The van der Waals surface area contributed by atoms with Crippen LogP contribution in [0.25, 0.3) is 0 Å². The molecule has 1 aromatic rings. The Bertz CT molecular complexity index is 668. The van der Waals surface area contributed by atoms with Crippen LogP contribution in [0.3, 0.4) is 0 Å². The summed E-state index contributed by atoms with van der Waals surface area (Å²) in [5.41, 5.74) is 5.49. The fourth-order valence-corrected chi connectivity index (χ4v) is 1.97. The second-order valence-electron chi connectivity index (χ2n) is 3.61. The molecule has 0 aliphatic rings. The molecule has 0 radical (unpaired) electrons. The molecular formula is C12H12FN3O2S. The number of hydrogen-bond acceptors (Lipinski definition) is 4. The van der Waals surface area contributed by atoms with Crippen molar-refractivity contribution in [3.8, 4) is 17.9 Å². The molecule has 0 fully saturated rings. The summed E-state index contributed by atoms with van der Waals surface area (Å²) in [6.45, 7) is 1.31. The van der Waals surface area contributed by atoms with Crippen molar-refractivity contribution in [1.82, 2.24) is 0 Å². The van der Waals surface area contributed by atoms with E-state index in [1.807, 2.05) is 0 Å². The third kappa shape index (κ3) is 3.95. The molecule has 5 nitrogen and oxygen atoms in total. The lowest BCUT2D eigenvalue weighted by Gasteiger charge is -2.11. The Morgan fingerprint density at radius 3 is 2.79 bits per heavy atom. The fourth-order valence-electron chi connectivity index (χ4n) is 1.17. The van der Waals surface area contributed by atoms with Crippen LogP contribution >= 0.6 is 0 Å². The predicted octanol–water partition coefficient (Wildman–Crippen LogP) is 0.790. The van der Waals surface area contributed by atoms with E-state index in [2.05, 4.69) is 16.6 Å². The molecule has 19 heavy (non-hydrogen) atoms. The minimum Gasteiger partial charge on any atom is -0.320 e. The van der Waals surface area contributed by atoms with E-state index in [0.717, 1.165) is 12.1 Å². The zero-order valence-corrected chi connectivity index (χ0v) is 11.0. The van der Waals surface area contributed by atoms with Gasteiger partial charge < -0.3 is 5.73 Å². The van der Waals surface area contributed by atoms with E-state index in [9.17, 15) is 12.8 Å². The number of nitrogens with two attached hydrogens (primary N) is 1. The van der Waals surface area contributed by atoms with Crippen LogP contribution in [-0.2, 0) is 10.0 Å². The van der Waals surface area contributed by atoms with Gasteiger partial charge >= 0.3 is 0 Å². The average Bonchev–Trinajstić information content (AvgIpc) is 2.37. The van der Waals surface area contributed by atoms with Gasteiger partial charge in [-0.15, -0.1) is 0 Å². The van der Waals surface area contributed by atoms with Crippen molar-refractivity contribution < 1.29 is 12.8 Å². The Morgan fingerprint density at radius 2 is 2.21 bits per heavy atom. The maximum absolute atomic E-state index is 13.1. The summed E-state index contributed by atoms with van der Waals surface area (Å²) in [6.07, 6.45) is 0. The predicted molar refractivity (Wildman–Crippen MR) is 69.9 cm³/mol. The summed E-state index contributed by atoms with van der Waals surface area (Å²) in [5.74, 6) is 4.54. The quantitative estimate of drug-likeness (QED) is 0.801. The maximum Gasteiger partial charge on any atom is 0.248 e. The van der Waals surface area contributed by atoms with Crippen LogP contribution in [0.4, 0.5) is 10.1 Å². The second-order valence-corrected chi connectivity index (χ2v) is 5.62. The maximum atomic E-state index is 13.1. The van der Waals surface area contributed by atoms with Gasteiger partial charge in [0.25, 0.3) is 0 Å². The van der Waals surface area contributed by atoms with Crippen LogP contribution in [0.15, 0.2) is 18.2 Å². The minimum atomic E-state index is -3.86. The molecule has 0 aromatic heterocycles. The lowest BCUT2D eigenvalue weighted by atomic mass is 10.2. The third-order valence-corrected chi connectivity index (χ3v) is 3.75. The zero-order chi connectivity index (χ0) is 14.5. The molecule has 0 bridgehead atoms. The van der Waals surface area contributed by atoms with Gasteiger partial charge in [0.15, 0.2) is 5.25 Å². The summed E-state index contributed by atoms with van der Waals surface area (Å²) < 4.78 is 38.8. The molecule has 0 heterocycles. The topological polar surface area (TPSA) is 96.0 Å². The zero-order valence-electron chi connectivity index (χ0n) is 10.1. The summed E-state index contributed by atoms with van der Waals surface area (Å²) in [6, 6.07) is 5.06. The highest BCUT2D eigenvalue weighted by Gasteiger charge is 2.21. The van der Waals surface area contributed by atoms with Gasteiger partial charge in [-0.05, 0) is 25.1 Å². The number of hydrogen-bond donors (Lipinski definition) is 2. The molecule has 0 saturated heterocycles. The molecule has 3 N–H and O–H groups in total. The van der Waals surface area contributed by atoms with Crippen LogP contribution in [0.2, 0.25) is 0 Å². The molecule has 7 heteroatoms. The van der Waals surface area contributed by atoms with Gasteiger partial charge in [0.1, 0.15) is 5.82 Å². The van der Waals surface area contributed by atoms with E-state index in [1.54, 1.807) is 6.07 Å². The van der Waals surface area contributed by atoms with E-state index in [4.69, 9.17) is 11.0 Å². The number of nitrogens with one attached hydrogen (secondary N) is 1. The van der Waals surface area contributed by atoms with E-state index >= 15 is 0 Å². The summed E-state index contributed by atoms with van der Waals surface area (Å²) in [4.78, 5) is 0. The SMILES string of the molecule is CC(C#N)S(=O)(=O)Nc1ccc(F)cc1C#CCN. The molecule has 1 atom stereocenters. The number of halogens is 1. The highest BCUT2D eigenvalue weighted by molar-refractivity contribution is 7.93. The van der Waals surface area contributed by atoms with Crippen LogP contribution in [-0.4, -0.2) is 20.2 Å². The minimum absolute atomic E-state index is 0.0668. The molecule has 100 valence electrons. The average molecular weight is 281 g/mol. The normalized spacial score (nSPS) is 11.9. The standard InChI is InChI=1S/C12H12FN3O2S/c1-9(8-15)19(17,18)16-12-5-4-11(13)7-10(12)3-2-6-14/h4-5,7,9,16H,6,14H2,1H3. The van der Waals surface area contributed by atoms with E-state index in [1.165, 1.54) is 13.0 Å². The number of benzene rings is 1. The van der Waals surface area contributed by atoms with Crippen molar-refractivity contribution in [2.75, 3.05) is 11.3 Å². The van der Waals surface area contributed by atoms with Crippen molar-refractivity contribution in [3.05, 3.63) is 29.6 Å². The van der Waals surface area contributed by atoms with Crippen molar-refractivity contribution in [2.45, 2.75) is 12.2 Å². The molecule has 0 spiro atoms. The Kier molecular flexibility index (Phi) is 4.87. The van der Waals surface area contributed by atoms with E-state index < -0.39 is 21.1 Å². The Labute approximate surface area is 111 Å². The van der Waals surface area contributed by atoms with Crippen molar-refractivity contribution >= 4 is 15.7 Å². The van der Waals surface area contributed by atoms with Gasteiger partial charge in [0, 0.05) is 0 Å². The third-order valence-electron chi connectivity index (χ3n) is 2.21. The van der Waals surface area contributed by atoms with Gasteiger partial charge in [0.05, 0.1) is 23.9 Å². The first kappa shape index (κ1) is 15.0. The molecule has 0 aliphatic heterocycles.